The average Bonchev–Trinajstić information content (AvgIpc) is 2.67. The number of nitrogens with two attached hydrogens (primary N) is 1. The van der Waals surface area contributed by atoms with Crippen LogP contribution in [0.2, 0.25) is 0 Å². The standard InChI is InChI=1S/C15H29N3OS/c1-3-13-5-4-9-18(11-6-13)12-8-15(19)17(2)10-7-14(16)20/h13H,3-12H2,1-2H3,(H2,16,20). The molecule has 0 spiro atoms. The van der Waals surface area contributed by atoms with Crippen LogP contribution in [0.25, 0.3) is 0 Å². The summed E-state index contributed by atoms with van der Waals surface area (Å²) in [5.74, 6) is 1.07. The molecule has 1 aliphatic rings. The number of nitrogens with zero attached hydrogens (tertiary/aromatic N) is 2. The zero-order valence-corrected chi connectivity index (χ0v) is 13.8. The topological polar surface area (TPSA) is 49.6 Å². The fourth-order valence-corrected chi connectivity index (χ4v) is 2.80. The molecule has 1 fully saturated rings. The first-order valence-corrected chi connectivity index (χ1v) is 8.18. The first-order chi connectivity index (χ1) is 9.52. The van der Waals surface area contributed by atoms with Crippen molar-refractivity contribution >= 4 is 23.1 Å². The van der Waals surface area contributed by atoms with Gasteiger partial charge in [-0.3, -0.25) is 4.79 Å². The van der Waals surface area contributed by atoms with Crippen molar-refractivity contribution in [3.05, 3.63) is 0 Å². The lowest BCUT2D eigenvalue weighted by Crippen LogP contribution is -2.34. The lowest BCUT2D eigenvalue weighted by molar-refractivity contribution is -0.130. The number of hydrogen-bond donors (Lipinski definition) is 1. The largest absolute Gasteiger partial charge is 0.393 e. The number of hydrogen-bond acceptors (Lipinski definition) is 3. The van der Waals surface area contributed by atoms with Crippen molar-refractivity contribution in [3.63, 3.8) is 0 Å². The van der Waals surface area contributed by atoms with Crippen LogP contribution in [-0.4, -0.2) is 53.9 Å². The van der Waals surface area contributed by atoms with E-state index in [9.17, 15) is 4.79 Å². The van der Waals surface area contributed by atoms with Crippen LogP contribution >= 0.6 is 12.2 Å². The molecule has 0 bridgehead atoms. The molecule has 116 valence electrons. The molecule has 1 amide bonds. The number of likely N-dealkylation sites (tertiary alicyclic amines) is 1. The summed E-state index contributed by atoms with van der Waals surface area (Å²) in [6.07, 6.45) is 6.39. The van der Waals surface area contributed by atoms with Gasteiger partial charge in [-0.2, -0.15) is 0 Å². The van der Waals surface area contributed by atoms with Crippen LogP contribution in [0.15, 0.2) is 0 Å². The van der Waals surface area contributed by atoms with Gasteiger partial charge in [0.1, 0.15) is 0 Å². The van der Waals surface area contributed by atoms with Crippen LogP contribution in [0.4, 0.5) is 0 Å². The van der Waals surface area contributed by atoms with E-state index in [1.54, 1.807) is 4.90 Å². The van der Waals surface area contributed by atoms with Gasteiger partial charge in [-0.15, -0.1) is 0 Å². The highest BCUT2D eigenvalue weighted by atomic mass is 32.1. The zero-order valence-electron chi connectivity index (χ0n) is 12.9. The van der Waals surface area contributed by atoms with Gasteiger partial charge >= 0.3 is 0 Å². The van der Waals surface area contributed by atoms with E-state index in [2.05, 4.69) is 11.8 Å². The normalized spacial score (nSPS) is 20.4. The van der Waals surface area contributed by atoms with E-state index in [-0.39, 0.29) is 5.91 Å². The summed E-state index contributed by atoms with van der Waals surface area (Å²) in [5, 5.41) is 0. The molecule has 0 aromatic carbocycles. The maximum Gasteiger partial charge on any atom is 0.223 e. The second-order valence-electron chi connectivity index (χ2n) is 5.83. The summed E-state index contributed by atoms with van der Waals surface area (Å²) in [6.45, 7) is 6.07. The first kappa shape index (κ1) is 17.4. The summed E-state index contributed by atoms with van der Waals surface area (Å²) in [4.78, 5) is 16.7. The lowest BCUT2D eigenvalue weighted by atomic mass is 9.98. The molecule has 0 radical (unpaired) electrons. The minimum atomic E-state index is 0.192. The van der Waals surface area contributed by atoms with E-state index in [4.69, 9.17) is 18.0 Å². The van der Waals surface area contributed by atoms with Crippen LogP contribution in [0, 0.1) is 5.92 Å². The van der Waals surface area contributed by atoms with Crippen molar-refractivity contribution in [1.82, 2.24) is 9.80 Å². The van der Waals surface area contributed by atoms with E-state index in [0.717, 1.165) is 25.6 Å². The van der Waals surface area contributed by atoms with Crippen LogP contribution in [0.1, 0.15) is 45.4 Å². The lowest BCUT2D eigenvalue weighted by Gasteiger charge is -2.22. The Bertz CT molecular complexity index is 322. The Labute approximate surface area is 128 Å². The van der Waals surface area contributed by atoms with E-state index in [1.807, 2.05) is 7.05 Å². The van der Waals surface area contributed by atoms with Gasteiger partial charge in [0.25, 0.3) is 0 Å². The molecule has 0 saturated carbocycles. The predicted molar refractivity (Wildman–Crippen MR) is 87.7 cm³/mol. The van der Waals surface area contributed by atoms with Gasteiger partial charge in [0.05, 0.1) is 4.99 Å². The quantitative estimate of drug-likeness (QED) is 0.731. The van der Waals surface area contributed by atoms with Crippen molar-refractivity contribution in [3.8, 4) is 0 Å². The van der Waals surface area contributed by atoms with Crippen molar-refractivity contribution in [2.45, 2.75) is 45.4 Å². The average molecular weight is 299 g/mol. The molecule has 1 rings (SSSR count). The fraction of sp³-hybridized carbons (Fsp3) is 0.867. The minimum Gasteiger partial charge on any atom is -0.393 e. The Kier molecular flexibility index (Phi) is 8.07. The number of thiocarbonyl (C=S) groups is 1. The molecule has 0 aliphatic carbocycles. The fourth-order valence-electron chi connectivity index (χ4n) is 2.70. The van der Waals surface area contributed by atoms with Crippen LogP contribution < -0.4 is 5.73 Å². The maximum absolute atomic E-state index is 12.0. The number of amides is 1. The second-order valence-corrected chi connectivity index (χ2v) is 6.35. The number of carbonyl (C=O) groups excluding carboxylic acids is 1. The highest BCUT2D eigenvalue weighted by Gasteiger charge is 2.17. The Hall–Kier alpha value is -0.680. The van der Waals surface area contributed by atoms with Gasteiger partial charge in [0, 0.05) is 33.0 Å². The molecule has 5 heteroatoms. The smallest absolute Gasteiger partial charge is 0.223 e. The van der Waals surface area contributed by atoms with Gasteiger partial charge in [-0.25, -0.2) is 0 Å². The van der Waals surface area contributed by atoms with E-state index in [0.29, 0.717) is 24.4 Å². The van der Waals surface area contributed by atoms with Gasteiger partial charge in [-0.05, 0) is 38.3 Å². The van der Waals surface area contributed by atoms with Crippen molar-refractivity contribution < 1.29 is 4.79 Å². The van der Waals surface area contributed by atoms with Crippen molar-refractivity contribution in [2.24, 2.45) is 11.7 Å². The van der Waals surface area contributed by atoms with E-state index >= 15 is 0 Å². The SMILES string of the molecule is CCC1CCCN(CCC(=O)N(C)CCC(N)=S)CC1. The van der Waals surface area contributed by atoms with Crippen LogP contribution in [0.3, 0.4) is 0 Å². The predicted octanol–water partition coefficient (Wildman–Crippen LogP) is 2.02. The molecule has 1 heterocycles. The molecular weight excluding hydrogens is 270 g/mol. The Balaban J connectivity index is 2.24. The van der Waals surface area contributed by atoms with Crippen LogP contribution in [0.5, 0.6) is 0 Å². The van der Waals surface area contributed by atoms with Gasteiger partial charge < -0.3 is 15.5 Å². The maximum atomic E-state index is 12.0. The number of rotatable bonds is 7. The molecule has 1 aliphatic heterocycles. The third-order valence-electron chi connectivity index (χ3n) is 4.28. The molecule has 2 N–H and O–H groups in total. The molecule has 4 nitrogen and oxygen atoms in total. The Morgan fingerprint density at radius 1 is 1.35 bits per heavy atom. The highest BCUT2D eigenvalue weighted by molar-refractivity contribution is 7.80. The summed E-state index contributed by atoms with van der Waals surface area (Å²) in [5.41, 5.74) is 5.46. The minimum absolute atomic E-state index is 0.192. The molecule has 0 aromatic rings. The Morgan fingerprint density at radius 2 is 2.10 bits per heavy atom. The molecule has 1 unspecified atom stereocenters. The molecule has 20 heavy (non-hydrogen) atoms. The summed E-state index contributed by atoms with van der Waals surface area (Å²) in [7, 11) is 1.83. The monoisotopic (exact) mass is 299 g/mol. The van der Waals surface area contributed by atoms with Gasteiger partial charge in [0.2, 0.25) is 5.91 Å². The third kappa shape index (κ3) is 6.66. The molecule has 0 aromatic heterocycles. The zero-order chi connectivity index (χ0) is 15.0. The van der Waals surface area contributed by atoms with Crippen LogP contribution in [-0.2, 0) is 4.79 Å². The Morgan fingerprint density at radius 3 is 2.75 bits per heavy atom. The summed E-state index contributed by atoms with van der Waals surface area (Å²) in [6, 6.07) is 0. The summed E-state index contributed by atoms with van der Waals surface area (Å²) < 4.78 is 0. The van der Waals surface area contributed by atoms with Gasteiger partial charge in [0.15, 0.2) is 0 Å². The van der Waals surface area contributed by atoms with Crippen molar-refractivity contribution in [2.75, 3.05) is 33.2 Å². The van der Waals surface area contributed by atoms with Gasteiger partial charge in [-0.1, -0.05) is 25.6 Å². The third-order valence-corrected chi connectivity index (χ3v) is 4.48. The molecule has 1 saturated heterocycles. The summed E-state index contributed by atoms with van der Waals surface area (Å²) >= 11 is 4.84. The van der Waals surface area contributed by atoms with E-state index < -0.39 is 0 Å². The van der Waals surface area contributed by atoms with E-state index in [1.165, 1.54) is 25.7 Å². The second kappa shape index (κ2) is 9.29. The highest BCUT2D eigenvalue weighted by Crippen LogP contribution is 2.20. The first-order valence-electron chi connectivity index (χ1n) is 7.77. The molecular formula is C15H29N3OS. The number of carbonyl (C=O) groups is 1. The van der Waals surface area contributed by atoms with Crippen molar-refractivity contribution in [1.29, 1.82) is 0 Å². The molecule has 1 atom stereocenters.